The first-order chi connectivity index (χ1) is 15.1. The number of hydrogen-bond donors (Lipinski definition) is 2. The van der Waals surface area contributed by atoms with Gasteiger partial charge in [0.2, 0.25) is 0 Å². The van der Waals surface area contributed by atoms with Crippen LogP contribution >= 0.6 is 0 Å². The van der Waals surface area contributed by atoms with E-state index in [9.17, 15) is 14.3 Å². The number of anilines is 2. The summed E-state index contributed by atoms with van der Waals surface area (Å²) in [6.07, 6.45) is 1.05. The predicted octanol–water partition coefficient (Wildman–Crippen LogP) is 3.46. The van der Waals surface area contributed by atoms with Crippen molar-refractivity contribution in [1.82, 2.24) is 14.8 Å². The van der Waals surface area contributed by atoms with Gasteiger partial charge in [-0.3, -0.25) is 9.69 Å². The van der Waals surface area contributed by atoms with Gasteiger partial charge in [0.1, 0.15) is 11.6 Å². The Morgan fingerprint density at radius 2 is 1.81 bits per heavy atom. The molecular weight excluding hydrogens is 395 g/mol. The van der Waals surface area contributed by atoms with Crippen molar-refractivity contribution < 1.29 is 14.3 Å². The fourth-order valence-corrected chi connectivity index (χ4v) is 3.71. The predicted molar refractivity (Wildman–Crippen MR) is 118 cm³/mol. The zero-order valence-corrected chi connectivity index (χ0v) is 17.1. The lowest BCUT2D eigenvalue weighted by Gasteiger charge is -2.35. The number of carbonyl (C=O) groups excluding carboxylic acids is 1. The minimum atomic E-state index is -0.552. The lowest BCUT2D eigenvalue weighted by Crippen LogP contribution is -2.49. The van der Waals surface area contributed by atoms with Crippen molar-refractivity contribution >= 4 is 17.4 Å². The molecule has 0 aliphatic carbocycles. The number of rotatable bonds is 6. The summed E-state index contributed by atoms with van der Waals surface area (Å²) in [5.41, 5.74) is 1.88. The van der Waals surface area contributed by atoms with Crippen molar-refractivity contribution in [3.8, 4) is 0 Å². The highest BCUT2D eigenvalue weighted by molar-refractivity contribution is 5.99. The van der Waals surface area contributed by atoms with Gasteiger partial charge in [-0.15, -0.1) is 0 Å². The number of aromatic nitrogens is 1. The molecule has 1 atom stereocenters. The van der Waals surface area contributed by atoms with E-state index in [-0.39, 0.29) is 11.7 Å². The van der Waals surface area contributed by atoms with E-state index in [0.717, 1.165) is 5.56 Å². The van der Waals surface area contributed by atoms with Crippen molar-refractivity contribution in [2.24, 2.45) is 0 Å². The van der Waals surface area contributed by atoms with E-state index in [0.29, 0.717) is 49.8 Å². The van der Waals surface area contributed by atoms with E-state index in [2.05, 4.69) is 15.2 Å². The molecule has 2 aromatic carbocycles. The number of β-amino-alcohol motifs (C(OH)–C–C–N with tert-alkyl or cyclic N) is 1. The molecule has 0 radical (unpaired) electrons. The quantitative estimate of drug-likeness (QED) is 0.639. The molecule has 6 nitrogen and oxygen atoms in total. The first-order valence-electron chi connectivity index (χ1n) is 10.3. The molecule has 31 heavy (non-hydrogen) atoms. The van der Waals surface area contributed by atoms with Gasteiger partial charge in [-0.2, -0.15) is 0 Å². The first kappa shape index (κ1) is 21.0. The minimum Gasteiger partial charge on any atom is -0.387 e. The molecule has 7 heteroatoms. The van der Waals surface area contributed by atoms with E-state index in [1.165, 1.54) is 12.1 Å². The van der Waals surface area contributed by atoms with Crippen LogP contribution in [0.1, 0.15) is 22.0 Å². The fraction of sp³-hybridized carbons (Fsp3) is 0.250. The summed E-state index contributed by atoms with van der Waals surface area (Å²) in [5.74, 6) is -0.0714. The van der Waals surface area contributed by atoms with Crippen LogP contribution in [0.5, 0.6) is 0 Å². The van der Waals surface area contributed by atoms with Crippen LogP contribution in [0.4, 0.5) is 15.9 Å². The Balaban J connectivity index is 1.38. The Labute approximate surface area is 181 Å². The number of aliphatic hydroxyl groups is 1. The molecule has 3 aromatic rings. The Morgan fingerprint density at radius 1 is 1.03 bits per heavy atom. The number of nitrogens with zero attached hydrogens (tertiary/aromatic N) is 3. The van der Waals surface area contributed by atoms with Crippen LogP contribution in [-0.4, -0.2) is 58.5 Å². The molecule has 1 amide bonds. The molecule has 1 aromatic heterocycles. The van der Waals surface area contributed by atoms with Gasteiger partial charge in [-0.25, -0.2) is 9.37 Å². The smallest absolute Gasteiger partial charge is 0.257 e. The Hall–Kier alpha value is -3.29. The van der Waals surface area contributed by atoms with Gasteiger partial charge in [-0.1, -0.05) is 36.4 Å². The van der Waals surface area contributed by atoms with E-state index < -0.39 is 6.10 Å². The molecule has 1 fully saturated rings. The van der Waals surface area contributed by atoms with Crippen molar-refractivity contribution in [3.05, 3.63) is 89.9 Å². The standard InChI is InChI=1S/C24H25FN4O2/c25-19-8-4-9-20(16-19)27-23-21(10-5-11-26-23)24(31)29-14-12-28(13-15-29)17-22(30)18-6-2-1-3-7-18/h1-11,16,22,30H,12-15,17H2,(H,26,27). The summed E-state index contributed by atoms with van der Waals surface area (Å²) in [5, 5.41) is 13.5. The van der Waals surface area contributed by atoms with Gasteiger partial charge in [0.05, 0.1) is 11.7 Å². The number of halogens is 1. The molecule has 1 saturated heterocycles. The van der Waals surface area contributed by atoms with E-state index >= 15 is 0 Å². The molecule has 4 rings (SSSR count). The summed E-state index contributed by atoms with van der Waals surface area (Å²) in [6.45, 7) is 3.03. The van der Waals surface area contributed by atoms with Crippen LogP contribution in [0, 0.1) is 5.82 Å². The maximum absolute atomic E-state index is 13.5. The Kier molecular flexibility index (Phi) is 6.54. The third-order valence-corrected chi connectivity index (χ3v) is 5.40. The lowest BCUT2D eigenvalue weighted by atomic mass is 10.1. The molecule has 1 aliphatic rings. The lowest BCUT2D eigenvalue weighted by molar-refractivity contribution is 0.0528. The van der Waals surface area contributed by atoms with Gasteiger partial charge in [0.25, 0.3) is 5.91 Å². The average molecular weight is 420 g/mol. The zero-order chi connectivity index (χ0) is 21.6. The van der Waals surface area contributed by atoms with E-state index in [1.54, 1.807) is 35.4 Å². The van der Waals surface area contributed by atoms with Crippen molar-refractivity contribution in [3.63, 3.8) is 0 Å². The van der Waals surface area contributed by atoms with Gasteiger partial charge in [0.15, 0.2) is 0 Å². The topological polar surface area (TPSA) is 68.7 Å². The summed E-state index contributed by atoms with van der Waals surface area (Å²) < 4.78 is 13.5. The van der Waals surface area contributed by atoms with Crippen LogP contribution in [-0.2, 0) is 0 Å². The molecule has 0 bridgehead atoms. The molecule has 0 saturated carbocycles. The number of piperazine rings is 1. The number of benzene rings is 2. The number of amides is 1. The number of nitrogens with one attached hydrogen (secondary N) is 1. The molecule has 1 unspecified atom stereocenters. The van der Waals surface area contributed by atoms with E-state index in [4.69, 9.17) is 0 Å². The van der Waals surface area contributed by atoms with Crippen LogP contribution in [0.3, 0.4) is 0 Å². The van der Waals surface area contributed by atoms with Crippen molar-refractivity contribution in [2.75, 3.05) is 38.0 Å². The first-order valence-corrected chi connectivity index (χ1v) is 10.3. The molecular formula is C24H25FN4O2. The minimum absolute atomic E-state index is 0.115. The highest BCUT2D eigenvalue weighted by Crippen LogP contribution is 2.22. The van der Waals surface area contributed by atoms with Crippen LogP contribution in [0.15, 0.2) is 72.9 Å². The second kappa shape index (κ2) is 9.68. The highest BCUT2D eigenvalue weighted by atomic mass is 19.1. The molecule has 160 valence electrons. The SMILES string of the molecule is O=C(c1cccnc1Nc1cccc(F)c1)N1CCN(CC(O)c2ccccc2)CC1. The maximum atomic E-state index is 13.5. The van der Waals surface area contributed by atoms with Crippen molar-refractivity contribution in [2.45, 2.75) is 6.10 Å². The average Bonchev–Trinajstić information content (AvgIpc) is 2.80. The van der Waals surface area contributed by atoms with Crippen LogP contribution < -0.4 is 5.32 Å². The molecule has 2 heterocycles. The maximum Gasteiger partial charge on any atom is 0.257 e. The highest BCUT2D eigenvalue weighted by Gasteiger charge is 2.25. The molecule has 0 spiro atoms. The number of aliphatic hydroxyl groups excluding tert-OH is 1. The van der Waals surface area contributed by atoms with E-state index in [1.807, 2.05) is 30.3 Å². The Morgan fingerprint density at radius 3 is 2.55 bits per heavy atom. The van der Waals surface area contributed by atoms with Gasteiger partial charge >= 0.3 is 0 Å². The van der Waals surface area contributed by atoms with Crippen LogP contribution in [0.25, 0.3) is 0 Å². The number of carbonyl (C=O) groups is 1. The van der Waals surface area contributed by atoms with Gasteiger partial charge < -0.3 is 15.3 Å². The summed E-state index contributed by atoms with van der Waals surface area (Å²) >= 11 is 0. The van der Waals surface area contributed by atoms with Gasteiger partial charge in [0, 0.05) is 44.6 Å². The van der Waals surface area contributed by atoms with Gasteiger partial charge in [-0.05, 0) is 35.9 Å². The molecule has 2 N–H and O–H groups in total. The normalized spacial score (nSPS) is 15.5. The zero-order valence-electron chi connectivity index (χ0n) is 17.1. The second-order valence-electron chi connectivity index (χ2n) is 7.55. The summed E-state index contributed by atoms with van der Waals surface area (Å²) in [6, 6.07) is 19.1. The number of pyridine rings is 1. The summed E-state index contributed by atoms with van der Waals surface area (Å²) in [4.78, 5) is 21.4. The fourth-order valence-electron chi connectivity index (χ4n) is 3.71. The third kappa shape index (κ3) is 5.25. The van der Waals surface area contributed by atoms with Crippen LogP contribution in [0.2, 0.25) is 0 Å². The Bertz CT molecular complexity index is 1020. The largest absolute Gasteiger partial charge is 0.387 e. The van der Waals surface area contributed by atoms with Crippen molar-refractivity contribution in [1.29, 1.82) is 0 Å². The number of hydrogen-bond acceptors (Lipinski definition) is 5. The summed E-state index contributed by atoms with van der Waals surface area (Å²) in [7, 11) is 0. The molecule has 1 aliphatic heterocycles. The second-order valence-corrected chi connectivity index (χ2v) is 7.55. The third-order valence-electron chi connectivity index (χ3n) is 5.40. The monoisotopic (exact) mass is 420 g/mol.